The summed E-state index contributed by atoms with van der Waals surface area (Å²) in [7, 11) is 1.97. The molecule has 0 aromatic carbocycles. The van der Waals surface area contributed by atoms with E-state index in [2.05, 4.69) is 47.2 Å². The molecule has 6 rings (SSSR count). The molecule has 10 nitrogen and oxygen atoms in total. The van der Waals surface area contributed by atoms with Crippen LogP contribution in [0.5, 0.6) is 0 Å². The normalized spacial score (nSPS) is 13.7. The zero-order valence-electron chi connectivity index (χ0n) is 20.5. The van der Waals surface area contributed by atoms with E-state index in [0.717, 1.165) is 63.2 Å². The predicted molar refractivity (Wildman–Crippen MR) is 145 cm³/mol. The minimum atomic E-state index is 0.0495. The molecule has 0 unspecified atom stereocenters. The van der Waals surface area contributed by atoms with Crippen molar-refractivity contribution in [2.75, 3.05) is 17.3 Å². The Balaban J connectivity index is 1.37. The number of aromatic amines is 2. The quantitative estimate of drug-likeness (QED) is 0.278. The lowest BCUT2D eigenvalue weighted by atomic mass is 10.1. The Morgan fingerprint density at radius 1 is 1.16 bits per heavy atom. The molecule has 184 valence electrons. The molecule has 10 heteroatoms. The summed E-state index contributed by atoms with van der Waals surface area (Å²) in [5.41, 5.74) is 7.21. The van der Waals surface area contributed by atoms with Crippen LogP contribution >= 0.6 is 0 Å². The second kappa shape index (κ2) is 8.98. The molecule has 5 aromatic heterocycles. The number of carbonyl (C=O) groups excluding carboxylic acids is 1. The first kappa shape index (κ1) is 22.6. The number of allylic oxidation sites excluding steroid dienone is 1. The fourth-order valence-corrected chi connectivity index (χ4v) is 4.36. The molecular formula is C27H25N9O. The maximum absolute atomic E-state index is 12.2. The van der Waals surface area contributed by atoms with Gasteiger partial charge < -0.3 is 15.2 Å². The number of hydrogen-bond acceptors (Lipinski definition) is 7. The Bertz CT molecular complexity index is 1690. The lowest BCUT2D eigenvalue weighted by molar-refractivity contribution is -0.117. The number of nitrogens with one attached hydrogen (secondary N) is 3. The lowest BCUT2D eigenvalue weighted by Crippen LogP contribution is -2.13. The molecule has 0 radical (unpaired) electrons. The summed E-state index contributed by atoms with van der Waals surface area (Å²) < 4.78 is 0. The molecule has 37 heavy (non-hydrogen) atoms. The Morgan fingerprint density at radius 2 is 2.00 bits per heavy atom. The SMILES string of the molecule is C=N/C(C)=C\N(C)c1ccnc2[nH]c(-c3[nH]nc4ncc(-c5cncc(NC(=O)C6CC6)c5)cc34)cc12. The average molecular weight is 492 g/mol. The molecule has 0 spiro atoms. The van der Waals surface area contributed by atoms with E-state index in [0.29, 0.717) is 11.3 Å². The van der Waals surface area contributed by atoms with Crippen LogP contribution in [-0.4, -0.2) is 49.8 Å². The summed E-state index contributed by atoms with van der Waals surface area (Å²) in [6.45, 7) is 5.49. The van der Waals surface area contributed by atoms with E-state index < -0.39 is 0 Å². The summed E-state index contributed by atoms with van der Waals surface area (Å²) in [5, 5.41) is 12.3. The van der Waals surface area contributed by atoms with Crippen molar-refractivity contribution in [3.05, 3.63) is 60.9 Å². The molecule has 1 aliphatic rings. The van der Waals surface area contributed by atoms with Crippen LogP contribution in [-0.2, 0) is 4.79 Å². The van der Waals surface area contributed by atoms with E-state index in [1.165, 1.54) is 0 Å². The van der Waals surface area contributed by atoms with Gasteiger partial charge in [0.1, 0.15) is 5.65 Å². The molecule has 0 saturated heterocycles. The highest BCUT2D eigenvalue weighted by Gasteiger charge is 2.29. The van der Waals surface area contributed by atoms with Crippen LogP contribution in [0.1, 0.15) is 19.8 Å². The van der Waals surface area contributed by atoms with Crippen molar-refractivity contribution in [1.82, 2.24) is 30.1 Å². The van der Waals surface area contributed by atoms with E-state index >= 15 is 0 Å². The minimum absolute atomic E-state index is 0.0495. The van der Waals surface area contributed by atoms with Gasteiger partial charge in [-0.05, 0) is 50.7 Å². The third kappa shape index (κ3) is 4.33. The van der Waals surface area contributed by atoms with Gasteiger partial charge in [-0.1, -0.05) is 0 Å². The van der Waals surface area contributed by atoms with E-state index in [4.69, 9.17) is 0 Å². The highest BCUT2D eigenvalue weighted by molar-refractivity contribution is 5.99. The summed E-state index contributed by atoms with van der Waals surface area (Å²) >= 11 is 0. The first-order chi connectivity index (χ1) is 18.0. The Morgan fingerprint density at radius 3 is 2.81 bits per heavy atom. The van der Waals surface area contributed by atoms with Gasteiger partial charge in [0.25, 0.3) is 0 Å². The number of nitrogens with zero attached hydrogens (tertiary/aromatic N) is 6. The third-order valence-corrected chi connectivity index (χ3v) is 6.48. The van der Waals surface area contributed by atoms with E-state index in [-0.39, 0.29) is 11.8 Å². The topological polar surface area (TPSA) is 128 Å². The van der Waals surface area contributed by atoms with Crippen molar-refractivity contribution >= 4 is 46.1 Å². The van der Waals surface area contributed by atoms with Crippen LogP contribution in [0, 0.1) is 5.92 Å². The number of carbonyl (C=O) groups is 1. The smallest absolute Gasteiger partial charge is 0.227 e. The molecule has 3 N–H and O–H groups in total. The van der Waals surface area contributed by atoms with Gasteiger partial charge >= 0.3 is 0 Å². The van der Waals surface area contributed by atoms with Gasteiger partial charge in [0, 0.05) is 59.7 Å². The zero-order chi connectivity index (χ0) is 25.5. The lowest BCUT2D eigenvalue weighted by Gasteiger charge is -2.15. The number of anilines is 2. The van der Waals surface area contributed by atoms with Gasteiger partial charge in [0.2, 0.25) is 5.91 Å². The fraction of sp³-hybridized carbons (Fsp3) is 0.185. The molecule has 1 aliphatic carbocycles. The molecule has 5 heterocycles. The molecule has 0 aliphatic heterocycles. The fourth-order valence-electron chi connectivity index (χ4n) is 4.36. The van der Waals surface area contributed by atoms with Gasteiger partial charge in [-0.25, -0.2) is 9.97 Å². The Kier molecular flexibility index (Phi) is 5.48. The molecule has 1 saturated carbocycles. The number of hydrogen-bond donors (Lipinski definition) is 3. The van der Waals surface area contributed by atoms with Crippen molar-refractivity contribution in [2.45, 2.75) is 19.8 Å². The maximum Gasteiger partial charge on any atom is 0.227 e. The number of aliphatic imine (C=N–C) groups is 1. The summed E-state index contributed by atoms with van der Waals surface area (Å²) in [6.07, 6.45) is 10.8. The van der Waals surface area contributed by atoms with Crippen molar-refractivity contribution in [1.29, 1.82) is 0 Å². The van der Waals surface area contributed by atoms with Gasteiger partial charge in [-0.3, -0.25) is 19.9 Å². The first-order valence-corrected chi connectivity index (χ1v) is 12.0. The predicted octanol–water partition coefficient (Wildman–Crippen LogP) is 4.91. The number of amides is 1. The second-order valence-corrected chi connectivity index (χ2v) is 9.23. The molecule has 1 amide bonds. The van der Waals surface area contributed by atoms with Gasteiger partial charge in [-0.2, -0.15) is 5.10 Å². The van der Waals surface area contributed by atoms with Gasteiger partial charge in [0.15, 0.2) is 5.65 Å². The third-order valence-electron chi connectivity index (χ3n) is 6.48. The second-order valence-electron chi connectivity index (χ2n) is 9.23. The molecule has 5 aromatic rings. The van der Waals surface area contributed by atoms with Crippen molar-refractivity contribution < 1.29 is 4.79 Å². The molecule has 0 bridgehead atoms. The minimum Gasteiger partial charge on any atom is -0.349 e. The number of aromatic nitrogens is 6. The Labute approximate surface area is 212 Å². The van der Waals surface area contributed by atoms with Crippen LogP contribution in [0.4, 0.5) is 11.4 Å². The highest BCUT2D eigenvalue weighted by Crippen LogP contribution is 2.34. The van der Waals surface area contributed by atoms with E-state index in [1.54, 1.807) is 24.8 Å². The number of H-pyrrole nitrogens is 2. The van der Waals surface area contributed by atoms with Gasteiger partial charge in [-0.15, -0.1) is 0 Å². The van der Waals surface area contributed by atoms with Crippen LogP contribution in [0.3, 0.4) is 0 Å². The Hall–Kier alpha value is -4.86. The molecule has 1 fully saturated rings. The van der Waals surface area contributed by atoms with Crippen molar-refractivity contribution in [2.24, 2.45) is 10.9 Å². The summed E-state index contributed by atoms with van der Waals surface area (Å²) in [6, 6.07) is 7.95. The number of rotatable bonds is 7. The van der Waals surface area contributed by atoms with Crippen molar-refractivity contribution in [3.8, 4) is 22.5 Å². The zero-order valence-corrected chi connectivity index (χ0v) is 20.5. The monoisotopic (exact) mass is 491 g/mol. The number of pyridine rings is 3. The van der Waals surface area contributed by atoms with E-state index in [1.807, 2.05) is 49.3 Å². The highest BCUT2D eigenvalue weighted by atomic mass is 16.2. The molecule has 0 atom stereocenters. The average Bonchev–Trinajstić information content (AvgIpc) is 3.54. The standard InChI is InChI=1S/C27H25N9O/c1-15(28-2)14-36(3)23-6-7-30-25-20(23)10-22(33-25)24-21-9-18(12-31-26(21)35-34-24)17-8-19(13-29-11-17)32-27(37)16-4-5-16/h6-14,16H,2,4-5H2,1,3H3,(H,30,33)(H,32,37)(H,31,34,35)/b15-14-. The van der Waals surface area contributed by atoms with Crippen LogP contribution in [0.15, 0.2) is 65.9 Å². The van der Waals surface area contributed by atoms with Crippen LogP contribution < -0.4 is 10.2 Å². The van der Waals surface area contributed by atoms with Crippen molar-refractivity contribution in [3.63, 3.8) is 0 Å². The number of fused-ring (bicyclic) bond motifs is 2. The van der Waals surface area contributed by atoms with Crippen LogP contribution in [0.2, 0.25) is 0 Å². The van der Waals surface area contributed by atoms with E-state index in [9.17, 15) is 4.79 Å². The largest absolute Gasteiger partial charge is 0.349 e. The maximum atomic E-state index is 12.2. The summed E-state index contributed by atoms with van der Waals surface area (Å²) in [5.74, 6) is 0.174. The summed E-state index contributed by atoms with van der Waals surface area (Å²) in [4.78, 5) is 35.0. The van der Waals surface area contributed by atoms with Crippen LogP contribution in [0.25, 0.3) is 44.6 Å². The first-order valence-electron chi connectivity index (χ1n) is 12.0. The molecular weight excluding hydrogens is 466 g/mol. The van der Waals surface area contributed by atoms with Gasteiger partial charge in [0.05, 0.1) is 34.7 Å².